The van der Waals surface area contributed by atoms with Crippen molar-refractivity contribution in [2.24, 2.45) is 0 Å². The van der Waals surface area contributed by atoms with E-state index in [0.29, 0.717) is 6.16 Å². The van der Waals surface area contributed by atoms with Crippen LogP contribution in [0.25, 0.3) is 0 Å². The third-order valence-electron chi connectivity index (χ3n) is 5.42. The Bertz CT molecular complexity index is 999. The Morgan fingerprint density at radius 3 is 1.37 bits per heavy atom. The lowest BCUT2D eigenvalue weighted by molar-refractivity contribution is -0.0000136. The molecule has 150 valence electrons. The second-order valence-corrected chi connectivity index (χ2v) is 10.7. The topological polar surface area (TPSA) is 17.1 Å². The predicted molar refractivity (Wildman–Crippen MR) is 126 cm³/mol. The first-order valence-electron chi connectivity index (χ1n) is 9.85. The van der Waals surface area contributed by atoms with Crippen molar-refractivity contribution in [1.82, 2.24) is 0 Å². The number of aryl methyl sites for hydroxylation is 1. The molecule has 0 heterocycles. The van der Waals surface area contributed by atoms with Crippen molar-refractivity contribution in [3.8, 4) is 0 Å². The first-order valence-corrected chi connectivity index (χ1v) is 11.8. The first kappa shape index (κ1) is 22.2. The molecule has 4 aromatic rings. The molecule has 0 aliphatic rings. The minimum absolute atomic E-state index is 0. The number of hydrogen-bond donors (Lipinski definition) is 0. The molecular formula is C27H24BrOP. The van der Waals surface area contributed by atoms with Crippen LogP contribution in [0.1, 0.15) is 15.9 Å². The van der Waals surface area contributed by atoms with E-state index < -0.39 is 7.26 Å². The van der Waals surface area contributed by atoms with Crippen LogP contribution in [0.15, 0.2) is 115 Å². The van der Waals surface area contributed by atoms with Crippen molar-refractivity contribution >= 4 is 29.0 Å². The lowest BCUT2D eigenvalue weighted by Crippen LogP contribution is -3.00. The molecular weight excluding hydrogens is 451 g/mol. The van der Waals surface area contributed by atoms with Gasteiger partial charge in [0.1, 0.15) is 29.3 Å². The van der Waals surface area contributed by atoms with E-state index in [1.165, 1.54) is 15.9 Å². The third-order valence-corrected chi connectivity index (χ3v) is 9.72. The molecule has 0 bridgehead atoms. The summed E-state index contributed by atoms with van der Waals surface area (Å²) in [4.78, 5) is 13.6. The average Bonchev–Trinajstić information content (AvgIpc) is 2.79. The van der Waals surface area contributed by atoms with E-state index >= 15 is 0 Å². The van der Waals surface area contributed by atoms with Gasteiger partial charge in [0.15, 0.2) is 0 Å². The van der Waals surface area contributed by atoms with Crippen LogP contribution in [0.4, 0.5) is 0 Å². The fraction of sp³-hybridized carbons (Fsp3) is 0.0741. The lowest BCUT2D eigenvalue weighted by atomic mass is 10.1. The van der Waals surface area contributed by atoms with Gasteiger partial charge in [-0.25, -0.2) is 0 Å². The maximum atomic E-state index is 13.6. The molecule has 0 saturated carbocycles. The largest absolute Gasteiger partial charge is 1.00 e. The van der Waals surface area contributed by atoms with E-state index in [2.05, 4.69) is 72.8 Å². The van der Waals surface area contributed by atoms with Gasteiger partial charge in [-0.15, -0.1) is 0 Å². The summed E-state index contributed by atoms with van der Waals surface area (Å²) in [7, 11) is -2.14. The van der Waals surface area contributed by atoms with Crippen molar-refractivity contribution < 1.29 is 21.8 Å². The molecule has 30 heavy (non-hydrogen) atoms. The molecule has 0 fully saturated rings. The van der Waals surface area contributed by atoms with Crippen molar-refractivity contribution in [2.45, 2.75) is 6.92 Å². The van der Waals surface area contributed by atoms with Crippen LogP contribution in [-0.4, -0.2) is 11.9 Å². The Balaban J connectivity index is 0.00000256. The smallest absolute Gasteiger partial charge is 0.201 e. The zero-order chi connectivity index (χ0) is 20.1. The molecule has 0 atom stereocenters. The Kier molecular flexibility index (Phi) is 7.37. The van der Waals surface area contributed by atoms with Gasteiger partial charge in [0.2, 0.25) is 5.78 Å². The summed E-state index contributed by atoms with van der Waals surface area (Å²) >= 11 is 0. The first-order chi connectivity index (χ1) is 14.2. The van der Waals surface area contributed by atoms with Crippen molar-refractivity contribution in [3.05, 3.63) is 126 Å². The van der Waals surface area contributed by atoms with Gasteiger partial charge < -0.3 is 17.0 Å². The normalized spacial score (nSPS) is 10.8. The van der Waals surface area contributed by atoms with Crippen LogP contribution in [-0.2, 0) is 0 Å². The summed E-state index contributed by atoms with van der Waals surface area (Å²) in [5, 5.41) is 3.71. The standard InChI is InChI=1S/C27H24OP.BrH/c1-22-13-11-12-20-26(22)27(28)21-29(23-14-5-2-6-15-23,24-16-7-3-8-17-24)25-18-9-4-10-19-25;/h2-20H,21H2,1H3;1H/q+1;/p-1. The fourth-order valence-corrected chi connectivity index (χ4v) is 8.04. The van der Waals surface area contributed by atoms with Crippen molar-refractivity contribution in [2.75, 3.05) is 6.16 Å². The monoisotopic (exact) mass is 474 g/mol. The third kappa shape index (κ3) is 4.31. The quantitative estimate of drug-likeness (QED) is 0.309. The number of benzene rings is 4. The number of carbonyl (C=O) groups excluding carboxylic acids is 1. The lowest BCUT2D eigenvalue weighted by Gasteiger charge is -2.27. The van der Waals surface area contributed by atoms with Crippen LogP contribution in [0.2, 0.25) is 0 Å². The molecule has 0 unspecified atom stereocenters. The Hall–Kier alpha value is -2.54. The van der Waals surface area contributed by atoms with Crippen LogP contribution in [0.3, 0.4) is 0 Å². The summed E-state index contributed by atoms with van der Waals surface area (Å²) in [5.41, 5.74) is 1.85. The summed E-state index contributed by atoms with van der Waals surface area (Å²) in [5.74, 6) is 0.202. The molecule has 0 aliphatic carbocycles. The Labute approximate surface area is 189 Å². The minimum Gasteiger partial charge on any atom is -1.00 e. The zero-order valence-electron chi connectivity index (χ0n) is 16.9. The summed E-state index contributed by atoms with van der Waals surface area (Å²) in [6.07, 6.45) is 0.482. The predicted octanol–water partition coefficient (Wildman–Crippen LogP) is 2.18. The average molecular weight is 475 g/mol. The van der Waals surface area contributed by atoms with Crippen molar-refractivity contribution in [3.63, 3.8) is 0 Å². The van der Waals surface area contributed by atoms with Gasteiger partial charge in [0.25, 0.3) is 0 Å². The Morgan fingerprint density at radius 1 is 0.600 bits per heavy atom. The second kappa shape index (κ2) is 9.98. The number of Topliss-reactive ketones (excluding diaryl/α,β-unsaturated/α-hetero) is 1. The summed E-state index contributed by atoms with van der Waals surface area (Å²) in [6.45, 7) is 2.01. The van der Waals surface area contributed by atoms with E-state index in [9.17, 15) is 4.79 Å². The molecule has 1 nitrogen and oxygen atoms in total. The molecule has 0 radical (unpaired) electrons. The van der Waals surface area contributed by atoms with Gasteiger partial charge >= 0.3 is 0 Å². The van der Waals surface area contributed by atoms with Gasteiger partial charge in [-0.1, -0.05) is 78.9 Å². The maximum absolute atomic E-state index is 13.6. The van der Waals surface area contributed by atoms with E-state index in [0.717, 1.165) is 11.1 Å². The van der Waals surface area contributed by atoms with Gasteiger partial charge in [-0.2, -0.15) is 0 Å². The van der Waals surface area contributed by atoms with Gasteiger partial charge in [0.05, 0.1) is 0 Å². The highest BCUT2D eigenvalue weighted by atomic mass is 79.9. The number of halogens is 1. The van der Waals surface area contributed by atoms with Gasteiger partial charge in [-0.3, -0.25) is 4.79 Å². The zero-order valence-corrected chi connectivity index (χ0v) is 19.4. The SMILES string of the molecule is Cc1ccccc1C(=O)C[P+](c1ccccc1)(c1ccccc1)c1ccccc1.[Br-]. The van der Waals surface area contributed by atoms with E-state index in [1.54, 1.807) is 0 Å². The highest BCUT2D eigenvalue weighted by Gasteiger charge is 2.47. The minimum atomic E-state index is -2.14. The molecule has 0 amide bonds. The van der Waals surface area contributed by atoms with Crippen molar-refractivity contribution in [1.29, 1.82) is 0 Å². The summed E-state index contributed by atoms with van der Waals surface area (Å²) < 4.78 is 0. The number of hydrogen-bond acceptors (Lipinski definition) is 1. The second-order valence-electron chi connectivity index (χ2n) is 7.21. The number of carbonyl (C=O) groups is 1. The number of ketones is 1. The molecule has 0 aliphatic heterocycles. The van der Waals surface area contributed by atoms with Gasteiger partial charge in [0, 0.05) is 5.56 Å². The van der Waals surface area contributed by atoms with E-state index in [4.69, 9.17) is 0 Å². The maximum Gasteiger partial charge on any atom is 0.201 e. The summed E-state index contributed by atoms with van der Waals surface area (Å²) in [6, 6.07) is 39.6. The Morgan fingerprint density at radius 2 is 0.967 bits per heavy atom. The fourth-order valence-electron chi connectivity index (χ4n) is 3.95. The molecule has 4 aromatic carbocycles. The molecule has 0 N–H and O–H groups in total. The number of rotatable bonds is 6. The van der Waals surface area contributed by atoms with Gasteiger partial charge in [-0.05, 0) is 48.9 Å². The van der Waals surface area contributed by atoms with E-state index in [-0.39, 0.29) is 22.8 Å². The highest BCUT2D eigenvalue weighted by Crippen LogP contribution is 2.55. The van der Waals surface area contributed by atoms with Crippen LogP contribution < -0.4 is 32.9 Å². The molecule has 0 spiro atoms. The highest BCUT2D eigenvalue weighted by molar-refractivity contribution is 7.96. The molecule has 3 heteroatoms. The van der Waals surface area contributed by atoms with Crippen LogP contribution in [0, 0.1) is 6.92 Å². The molecule has 0 aromatic heterocycles. The molecule has 0 saturated heterocycles. The van der Waals surface area contributed by atoms with Crippen LogP contribution >= 0.6 is 7.26 Å². The molecule has 4 rings (SSSR count). The van der Waals surface area contributed by atoms with E-state index in [1.807, 2.05) is 49.4 Å². The van der Waals surface area contributed by atoms with Crippen LogP contribution in [0.5, 0.6) is 0 Å².